The maximum Gasteiger partial charge on any atom is 0.193 e. The molecule has 130 valence electrons. The van der Waals surface area contributed by atoms with Crippen molar-refractivity contribution in [2.24, 2.45) is 10.4 Å². The average Bonchev–Trinajstić information content (AvgIpc) is 3.16. The van der Waals surface area contributed by atoms with Crippen LogP contribution in [-0.2, 0) is 11.3 Å². The van der Waals surface area contributed by atoms with E-state index < -0.39 is 0 Å². The van der Waals surface area contributed by atoms with Gasteiger partial charge in [0.2, 0.25) is 0 Å². The fourth-order valence-electron chi connectivity index (χ4n) is 3.41. The quantitative estimate of drug-likeness (QED) is 0.613. The van der Waals surface area contributed by atoms with E-state index in [1.54, 1.807) is 18.4 Å². The lowest BCUT2D eigenvalue weighted by Crippen LogP contribution is -2.44. The minimum atomic E-state index is 0.365. The van der Waals surface area contributed by atoms with Crippen LogP contribution in [0, 0.1) is 12.3 Å². The van der Waals surface area contributed by atoms with E-state index in [9.17, 15) is 0 Å². The van der Waals surface area contributed by atoms with Crippen molar-refractivity contribution >= 4 is 17.3 Å². The van der Waals surface area contributed by atoms with Gasteiger partial charge in [-0.1, -0.05) is 12.8 Å². The van der Waals surface area contributed by atoms with Crippen LogP contribution in [0.1, 0.15) is 42.8 Å². The number of hydrogen-bond donors (Lipinski definition) is 1. The molecule has 1 aliphatic carbocycles. The van der Waals surface area contributed by atoms with Gasteiger partial charge in [0, 0.05) is 39.7 Å². The highest BCUT2D eigenvalue weighted by atomic mass is 32.1. The number of ether oxygens (including phenoxy) is 1. The monoisotopic (exact) mass is 338 g/mol. The van der Waals surface area contributed by atoms with Crippen molar-refractivity contribution in [2.75, 3.05) is 34.4 Å². The molecule has 1 aliphatic rings. The molecule has 6 heteroatoms. The van der Waals surface area contributed by atoms with Gasteiger partial charge in [-0.05, 0) is 31.6 Å². The molecule has 1 heterocycles. The van der Waals surface area contributed by atoms with Gasteiger partial charge in [0.05, 0.1) is 17.2 Å². The number of aliphatic imine (C=N–C) groups is 1. The molecular weight excluding hydrogens is 308 g/mol. The Kier molecular flexibility index (Phi) is 6.84. The first kappa shape index (κ1) is 18.2. The van der Waals surface area contributed by atoms with E-state index in [2.05, 4.69) is 32.6 Å². The number of methoxy groups -OCH3 is 1. The summed E-state index contributed by atoms with van der Waals surface area (Å²) in [5, 5.41) is 6.82. The number of guanidine groups is 1. The molecule has 1 aromatic heterocycles. The zero-order valence-electron chi connectivity index (χ0n) is 14.9. The molecular formula is C17H30N4OS. The second-order valence-electron chi connectivity index (χ2n) is 6.56. The third-order valence-electron chi connectivity index (χ3n) is 4.76. The Bertz CT molecular complexity index is 508. The van der Waals surface area contributed by atoms with Gasteiger partial charge in [-0.15, -0.1) is 11.3 Å². The summed E-state index contributed by atoms with van der Waals surface area (Å²) in [6, 6.07) is 0. The Hall–Kier alpha value is -1.14. The largest absolute Gasteiger partial charge is 0.385 e. The van der Waals surface area contributed by atoms with E-state index in [0.717, 1.165) is 42.8 Å². The minimum Gasteiger partial charge on any atom is -0.385 e. The topological polar surface area (TPSA) is 49.8 Å². The van der Waals surface area contributed by atoms with Crippen LogP contribution in [0.4, 0.5) is 0 Å². The molecule has 0 saturated heterocycles. The minimum absolute atomic E-state index is 0.365. The molecule has 1 fully saturated rings. The molecule has 0 aliphatic heterocycles. The molecule has 0 unspecified atom stereocenters. The average molecular weight is 339 g/mol. The van der Waals surface area contributed by atoms with E-state index in [0.29, 0.717) is 5.41 Å². The fourth-order valence-corrected chi connectivity index (χ4v) is 4.01. The second kappa shape index (κ2) is 8.64. The standard InChI is InChI=1S/C17H30N4OS/c1-14-20-15(12-23-14)11-21(3)16(18-2)19-13-17(9-10-22-4)7-5-6-8-17/h12H,5-11,13H2,1-4H3,(H,18,19). The number of hydrogen-bond acceptors (Lipinski definition) is 4. The number of aryl methyl sites for hydroxylation is 1. The number of nitrogens with zero attached hydrogens (tertiary/aromatic N) is 3. The molecule has 0 aromatic carbocycles. The van der Waals surface area contributed by atoms with Gasteiger partial charge in [0.15, 0.2) is 5.96 Å². The van der Waals surface area contributed by atoms with E-state index in [1.165, 1.54) is 25.7 Å². The summed E-state index contributed by atoms with van der Waals surface area (Å²) in [6.07, 6.45) is 6.36. The Labute approximate surface area is 144 Å². The van der Waals surface area contributed by atoms with Gasteiger partial charge in [-0.25, -0.2) is 4.98 Å². The van der Waals surface area contributed by atoms with E-state index in [1.807, 2.05) is 14.0 Å². The molecule has 0 radical (unpaired) electrons. The Morgan fingerprint density at radius 3 is 2.78 bits per heavy atom. The van der Waals surface area contributed by atoms with Crippen molar-refractivity contribution in [2.45, 2.75) is 45.6 Å². The van der Waals surface area contributed by atoms with Crippen LogP contribution in [0.3, 0.4) is 0 Å². The summed E-state index contributed by atoms with van der Waals surface area (Å²) in [4.78, 5) is 11.1. The van der Waals surface area contributed by atoms with Gasteiger partial charge in [0.25, 0.3) is 0 Å². The zero-order valence-corrected chi connectivity index (χ0v) is 15.7. The first-order valence-electron chi connectivity index (χ1n) is 8.40. The molecule has 1 N–H and O–H groups in total. The molecule has 0 spiro atoms. The fraction of sp³-hybridized carbons (Fsp3) is 0.765. The Morgan fingerprint density at radius 1 is 1.48 bits per heavy atom. The third kappa shape index (κ3) is 5.18. The number of nitrogens with one attached hydrogen (secondary N) is 1. The summed E-state index contributed by atoms with van der Waals surface area (Å²) >= 11 is 1.70. The highest BCUT2D eigenvalue weighted by Gasteiger charge is 2.33. The van der Waals surface area contributed by atoms with Crippen molar-refractivity contribution < 1.29 is 4.74 Å². The predicted octanol–water partition coefficient (Wildman–Crippen LogP) is 3.06. The van der Waals surface area contributed by atoms with Crippen molar-refractivity contribution in [3.63, 3.8) is 0 Å². The third-order valence-corrected chi connectivity index (χ3v) is 5.58. The predicted molar refractivity (Wildman–Crippen MR) is 97.1 cm³/mol. The van der Waals surface area contributed by atoms with E-state index in [-0.39, 0.29) is 0 Å². The van der Waals surface area contributed by atoms with Crippen LogP contribution in [0.25, 0.3) is 0 Å². The number of aromatic nitrogens is 1. The maximum atomic E-state index is 5.32. The van der Waals surface area contributed by atoms with E-state index >= 15 is 0 Å². The van der Waals surface area contributed by atoms with Gasteiger partial charge < -0.3 is 15.0 Å². The SMILES string of the molecule is CN=C(NCC1(CCOC)CCCC1)N(C)Cc1csc(C)n1. The van der Waals surface area contributed by atoms with Gasteiger partial charge >= 0.3 is 0 Å². The van der Waals surface area contributed by atoms with Crippen LogP contribution in [0.2, 0.25) is 0 Å². The van der Waals surface area contributed by atoms with Crippen molar-refractivity contribution in [3.8, 4) is 0 Å². The smallest absolute Gasteiger partial charge is 0.193 e. The lowest BCUT2D eigenvalue weighted by molar-refractivity contribution is 0.138. The van der Waals surface area contributed by atoms with Gasteiger partial charge in [-0.3, -0.25) is 4.99 Å². The lowest BCUT2D eigenvalue weighted by atomic mass is 9.83. The molecule has 23 heavy (non-hydrogen) atoms. The van der Waals surface area contributed by atoms with Crippen molar-refractivity contribution in [3.05, 3.63) is 16.1 Å². The molecule has 2 rings (SSSR count). The van der Waals surface area contributed by atoms with Gasteiger partial charge in [0.1, 0.15) is 0 Å². The number of thiazole rings is 1. The summed E-state index contributed by atoms with van der Waals surface area (Å²) in [7, 11) is 5.71. The highest BCUT2D eigenvalue weighted by molar-refractivity contribution is 7.09. The molecule has 0 atom stereocenters. The molecule has 5 nitrogen and oxygen atoms in total. The van der Waals surface area contributed by atoms with Crippen molar-refractivity contribution in [1.82, 2.24) is 15.2 Å². The molecule has 1 saturated carbocycles. The van der Waals surface area contributed by atoms with Crippen LogP contribution in [-0.4, -0.2) is 50.2 Å². The van der Waals surface area contributed by atoms with Crippen molar-refractivity contribution in [1.29, 1.82) is 0 Å². The summed E-state index contributed by atoms with van der Waals surface area (Å²) in [5.74, 6) is 0.944. The van der Waals surface area contributed by atoms with Crippen LogP contribution in [0.5, 0.6) is 0 Å². The highest BCUT2D eigenvalue weighted by Crippen LogP contribution is 2.40. The summed E-state index contributed by atoms with van der Waals surface area (Å²) < 4.78 is 5.32. The summed E-state index contributed by atoms with van der Waals surface area (Å²) in [6.45, 7) is 4.65. The zero-order chi connectivity index (χ0) is 16.7. The van der Waals surface area contributed by atoms with Crippen LogP contribution >= 0.6 is 11.3 Å². The Morgan fingerprint density at radius 2 is 2.22 bits per heavy atom. The molecule has 0 amide bonds. The maximum absolute atomic E-state index is 5.32. The van der Waals surface area contributed by atoms with Gasteiger partial charge in [-0.2, -0.15) is 0 Å². The number of rotatable bonds is 7. The second-order valence-corrected chi connectivity index (χ2v) is 7.63. The lowest BCUT2D eigenvalue weighted by Gasteiger charge is -2.31. The first-order chi connectivity index (χ1) is 11.1. The van der Waals surface area contributed by atoms with Crippen LogP contribution < -0.4 is 5.32 Å². The van der Waals surface area contributed by atoms with Crippen LogP contribution in [0.15, 0.2) is 10.4 Å². The summed E-state index contributed by atoms with van der Waals surface area (Å²) in [5.41, 5.74) is 1.47. The molecule has 1 aromatic rings. The Balaban J connectivity index is 1.90. The normalized spacial score (nSPS) is 17.5. The first-order valence-corrected chi connectivity index (χ1v) is 9.28. The molecule has 0 bridgehead atoms. The van der Waals surface area contributed by atoms with E-state index in [4.69, 9.17) is 4.74 Å².